The predicted molar refractivity (Wildman–Crippen MR) is 76.8 cm³/mol. The van der Waals surface area contributed by atoms with Crippen molar-refractivity contribution in [2.45, 2.75) is 33.2 Å². The monoisotopic (exact) mass is 276 g/mol. The number of carbonyl (C=O) groups is 1. The van der Waals surface area contributed by atoms with Crippen LogP contribution in [0.25, 0.3) is 0 Å². The fourth-order valence-electron chi connectivity index (χ4n) is 2.02. The first-order chi connectivity index (χ1) is 9.15. The van der Waals surface area contributed by atoms with E-state index < -0.39 is 0 Å². The molecule has 0 unspecified atom stereocenters. The Morgan fingerprint density at radius 3 is 2.63 bits per heavy atom. The van der Waals surface area contributed by atoms with Gasteiger partial charge in [-0.1, -0.05) is 37.6 Å². The van der Waals surface area contributed by atoms with Crippen LogP contribution in [0.1, 0.15) is 35.6 Å². The van der Waals surface area contributed by atoms with E-state index in [-0.39, 0.29) is 12.3 Å². The molecule has 1 aromatic carbocycles. The number of rotatable bonds is 5. The van der Waals surface area contributed by atoms with Gasteiger partial charge in [0.05, 0.1) is 10.7 Å². The van der Waals surface area contributed by atoms with Crippen LogP contribution in [0.2, 0.25) is 5.02 Å². The lowest BCUT2D eigenvalue weighted by Gasteiger charge is -2.06. The Morgan fingerprint density at radius 2 is 2.00 bits per heavy atom. The second-order valence-corrected chi connectivity index (χ2v) is 4.80. The maximum Gasteiger partial charge on any atom is 0.185 e. The van der Waals surface area contributed by atoms with Gasteiger partial charge in [0.25, 0.3) is 0 Å². The summed E-state index contributed by atoms with van der Waals surface area (Å²) < 4.78 is 1.78. The van der Waals surface area contributed by atoms with Crippen LogP contribution in [-0.2, 0) is 19.4 Å². The molecule has 0 aliphatic rings. The van der Waals surface area contributed by atoms with Gasteiger partial charge in [0, 0.05) is 11.3 Å². The maximum atomic E-state index is 12.3. The third-order valence-corrected chi connectivity index (χ3v) is 3.44. The van der Waals surface area contributed by atoms with E-state index in [1.807, 2.05) is 12.1 Å². The predicted octanol–water partition coefficient (Wildman–Crippen LogP) is 3.54. The molecule has 0 fully saturated rings. The fraction of sp³-hybridized carbons (Fsp3) is 0.333. The summed E-state index contributed by atoms with van der Waals surface area (Å²) in [6.07, 6.45) is 1.74. The molecule has 1 aromatic heterocycles. The van der Waals surface area contributed by atoms with Crippen molar-refractivity contribution in [2.75, 3.05) is 0 Å². The quantitative estimate of drug-likeness (QED) is 0.783. The molecule has 0 aliphatic heterocycles. The Hall–Kier alpha value is -1.61. The molecule has 0 bridgehead atoms. The van der Waals surface area contributed by atoms with Crippen LogP contribution in [0.5, 0.6) is 0 Å². The Balaban J connectivity index is 2.24. The topological polar surface area (TPSA) is 34.9 Å². The van der Waals surface area contributed by atoms with Crippen LogP contribution < -0.4 is 0 Å². The molecule has 1 heterocycles. The van der Waals surface area contributed by atoms with Crippen molar-refractivity contribution >= 4 is 17.4 Å². The summed E-state index contributed by atoms with van der Waals surface area (Å²) in [6.45, 7) is 4.36. The summed E-state index contributed by atoms with van der Waals surface area (Å²) in [5.74, 6) is -0.00828. The zero-order chi connectivity index (χ0) is 13.8. The molecule has 0 amide bonds. The Bertz CT molecular complexity index is 590. The number of halogens is 1. The summed E-state index contributed by atoms with van der Waals surface area (Å²) in [5.41, 5.74) is 2.65. The first kappa shape index (κ1) is 13.8. The van der Waals surface area contributed by atoms with Crippen LogP contribution >= 0.6 is 11.6 Å². The molecular weight excluding hydrogens is 260 g/mol. The number of hydrogen-bond donors (Lipinski definition) is 0. The van der Waals surface area contributed by atoms with Crippen LogP contribution in [0.4, 0.5) is 0 Å². The zero-order valence-electron chi connectivity index (χ0n) is 11.2. The Morgan fingerprint density at radius 1 is 1.26 bits per heavy atom. The van der Waals surface area contributed by atoms with E-state index in [0.717, 1.165) is 24.2 Å². The Kier molecular flexibility index (Phi) is 4.38. The van der Waals surface area contributed by atoms with Crippen molar-refractivity contribution in [3.8, 4) is 0 Å². The van der Waals surface area contributed by atoms with Crippen molar-refractivity contribution < 1.29 is 4.79 Å². The van der Waals surface area contributed by atoms with E-state index >= 15 is 0 Å². The largest absolute Gasteiger partial charge is 0.292 e. The summed E-state index contributed by atoms with van der Waals surface area (Å²) in [7, 11) is 0. The summed E-state index contributed by atoms with van der Waals surface area (Å²) in [6, 6.07) is 9.18. The molecule has 0 spiro atoms. The molecule has 2 rings (SSSR count). The summed E-state index contributed by atoms with van der Waals surface area (Å²) in [5, 5.41) is 4.94. The number of carbonyl (C=O) groups excluding carboxylic acids is 1. The van der Waals surface area contributed by atoms with E-state index in [0.29, 0.717) is 10.6 Å². The van der Waals surface area contributed by atoms with Crippen molar-refractivity contribution in [3.05, 3.63) is 52.3 Å². The third-order valence-electron chi connectivity index (χ3n) is 3.11. The van der Waals surface area contributed by atoms with Crippen molar-refractivity contribution in [3.63, 3.8) is 0 Å². The number of hydrogen-bond acceptors (Lipinski definition) is 2. The van der Waals surface area contributed by atoms with Gasteiger partial charge >= 0.3 is 0 Å². The molecule has 3 nitrogen and oxygen atoms in total. The Labute approximate surface area is 118 Å². The van der Waals surface area contributed by atoms with Gasteiger partial charge in [-0.3, -0.25) is 9.48 Å². The SMILES string of the molecule is CCc1cc(CC)n(CC(=O)c2ccccc2Cl)n1. The molecule has 0 saturated heterocycles. The number of nitrogens with zero attached hydrogens (tertiary/aromatic N) is 2. The van der Waals surface area contributed by atoms with Gasteiger partial charge in [0.15, 0.2) is 5.78 Å². The second kappa shape index (κ2) is 6.02. The highest BCUT2D eigenvalue weighted by Crippen LogP contribution is 2.17. The zero-order valence-corrected chi connectivity index (χ0v) is 11.9. The first-order valence-electron chi connectivity index (χ1n) is 6.49. The number of ketones is 1. The highest BCUT2D eigenvalue weighted by molar-refractivity contribution is 6.33. The molecule has 2 aromatic rings. The highest BCUT2D eigenvalue weighted by Gasteiger charge is 2.13. The van der Waals surface area contributed by atoms with Gasteiger partial charge in [-0.15, -0.1) is 0 Å². The molecule has 0 radical (unpaired) electrons. The van der Waals surface area contributed by atoms with E-state index in [1.165, 1.54) is 0 Å². The molecule has 4 heteroatoms. The van der Waals surface area contributed by atoms with Gasteiger partial charge in [0.1, 0.15) is 6.54 Å². The van der Waals surface area contributed by atoms with E-state index in [2.05, 4.69) is 25.0 Å². The minimum atomic E-state index is -0.00828. The fourth-order valence-corrected chi connectivity index (χ4v) is 2.26. The van der Waals surface area contributed by atoms with Crippen LogP contribution in [0, 0.1) is 0 Å². The minimum absolute atomic E-state index is 0.00828. The average molecular weight is 277 g/mol. The van der Waals surface area contributed by atoms with Crippen LogP contribution in [-0.4, -0.2) is 15.6 Å². The van der Waals surface area contributed by atoms with Gasteiger partial charge in [-0.2, -0.15) is 5.10 Å². The number of benzene rings is 1. The number of Topliss-reactive ketones (excluding diaryl/α,β-unsaturated/α-hetero) is 1. The lowest BCUT2D eigenvalue weighted by molar-refractivity contribution is 0.0966. The van der Waals surface area contributed by atoms with Gasteiger partial charge in [-0.05, 0) is 31.0 Å². The van der Waals surface area contributed by atoms with Gasteiger partial charge in [-0.25, -0.2) is 0 Å². The number of aryl methyl sites for hydroxylation is 2. The lowest BCUT2D eigenvalue weighted by atomic mass is 10.1. The second-order valence-electron chi connectivity index (χ2n) is 4.39. The highest BCUT2D eigenvalue weighted by atomic mass is 35.5. The molecule has 0 saturated carbocycles. The molecule has 19 heavy (non-hydrogen) atoms. The smallest absolute Gasteiger partial charge is 0.185 e. The van der Waals surface area contributed by atoms with Crippen LogP contribution in [0.3, 0.4) is 0 Å². The van der Waals surface area contributed by atoms with Crippen molar-refractivity contribution in [1.82, 2.24) is 9.78 Å². The maximum absolute atomic E-state index is 12.3. The standard InChI is InChI=1S/C15H17ClN2O/c1-3-11-9-12(4-2)18(17-11)10-15(19)13-7-5-6-8-14(13)16/h5-9H,3-4,10H2,1-2H3. The molecule has 0 N–H and O–H groups in total. The lowest BCUT2D eigenvalue weighted by Crippen LogP contribution is -2.14. The molecule has 0 aliphatic carbocycles. The van der Waals surface area contributed by atoms with Crippen molar-refractivity contribution in [1.29, 1.82) is 0 Å². The van der Waals surface area contributed by atoms with E-state index in [9.17, 15) is 4.79 Å². The van der Waals surface area contributed by atoms with E-state index in [1.54, 1.807) is 16.8 Å². The van der Waals surface area contributed by atoms with Gasteiger partial charge < -0.3 is 0 Å². The van der Waals surface area contributed by atoms with E-state index in [4.69, 9.17) is 11.6 Å². The third kappa shape index (κ3) is 3.04. The summed E-state index contributed by atoms with van der Waals surface area (Å²) in [4.78, 5) is 12.3. The normalized spacial score (nSPS) is 10.7. The summed E-state index contributed by atoms with van der Waals surface area (Å²) >= 11 is 6.04. The van der Waals surface area contributed by atoms with Gasteiger partial charge in [0.2, 0.25) is 0 Å². The average Bonchev–Trinajstić information content (AvgIpc) is 2.81. The molecular formula is C15H17ClN2O. The molecule has 0 atom stereocenters. The number of aromatic nitrogens is 2. The molecule has 100 valence electrons. The first-order valence-corrected chi connectivity index (χ1v) is 6.86. The van der Waals surface area contributed by atoms with Crippen molar-refractivity contribution in [2.24, 2.45) is 0 Å². The minimum Gasteiger partial charge on any atom is -0.292 e. The van der Waals surface area contributed by atoms with Crippen LogP contribution in [0.15, 0.2) is 30.3 Å².